The lowest BCUT2D eigenvalue weighted by molar-refractivity contribution is -0.143. The maximum absolute atomic E-state index is 12.5. The lowest BCUT2D eigenvalue weighted by Gasteiger charge is -2.29. The molecule has 3 rings (SSSR count). The van der Waals surface area contributed by atoms with Gasteiger partial charge >= 0.3 is 12.0 Å². The zero-order valence-corrected chi connectivity index (χ0v) is 20.8. The zero-order chi connectivity index (χ0) is 25.6. The van der Waals surface area contributed by atoms with Crippen molar-refractivity contribution in [2.45, 2.75) is 57.9 Å². The first-order valence-electron chi connectivity index (χ1n) is 11.9. The van der Waals surface area contributed by atoms with Crippen LogP contribution in [0.5, 0.6) is 5.75 Å². The van der Waals surface area contributed by atoms with Gasteiger partial charge in [0.15, 0.2) is 0 Å². The number of amides is 2. The number of carboxylic acid groups (broad SMARTS) is 1. The average Bonchev–Trinajstić information content (AvgIpc) is 2.83. The van der Waals surface area contributed by atoms with Crippen molar-refractivity contribution in [2.75, 3.05) is 24.3 Å². The van der Waals surface area contributed by atoms with Gasteiger partial charge in [-0.25, -0.2) is 4.79 Å². The first kappa shape index (κ1) is 26.2. The van der Waals surface area contributed by atoms with Gasteiger partial charge in [0, 0.05) is 11.6 Å². The van der Waals surface area contributed by atoms with Crippen molar-refractivity contribution < 1.29 is 24.2 Å². The maximum atomic E-state index is 12.5. The second kappa shape index (κ2) is 11.4. The fourth-order valence-corrected chi connectivity index (χ4v) is 4.32. The third kappa shape index (κ3) is 7.05. The van der Waals surface area contributed by atoms with Gasteiger partial charge in [0.05, 0.1) is 19.3 Å². The Bertz CT molecular complexity index is 1060. The third-order valence-corrected chi connectivity index (χ3v) is 6.66. The summed E-state index contributed by atoms with van der Waals surface area (Å²) >= 11 is 0. The van der Waals surface area contributed by atoms with E-state index in [1.165, 1.54) is 5.56 Å². The maximum Gasteiger partial charge on any atom is 0.323 e. The number of carboxylic acids is 1. The Morgan fingerprint density at radius 3 is 2.26 bits per heavy atom. The Balaban J connectivity index is 1.49. The molecule has 0 aliphatic heterocycles. The zero-order valence-electron chi connectivity index (χ0n) is 20.8. The molecule has 1 aliphatic rings. The van der Waals surface area contributed by atoms with Crippen LogP contribution in [0.2, 0.25) is 0 Å². The van der Waals surface area contributed by atoms with E-state index in [0.29, 0.717) is 23.0 Å². The molecule has 8 heteroatoms. The predicted octanol–water partition coefficient (Wildman–Crippen LogP) is 4.94. The quantitative estimate of drug-likeness (QED) is 0.403. The number of hydrogen-bond acceptors (Lipinski definition) is 5. The molecule has 8 nitrogen and oxygen atoms in total. The summed E-state index contributed by atoms with van der Waals surface area (Å²) in [5, 5.41) is 17.7. The van der Waals surface area contributed by atoms with Crippen LogP contribution in [0.4, 0.5) is 16.2 Å². The minimum Gasteiger partial charge on any atom is -0.495 e. The molecule has 0 saturated heterocycles. The molecular formula is C27H35N3O5. The SMILES string of the molecule is COc1ccc(C)cc1NC(=O)Nc1ccc(C2CCC(C(=O)CNC(C)(C)C(=O)O)CC2)cc1. The summed E-state index contributed by atoms with van der Waals surface area (Å²) in [5.74, 6) is 0.0259. The first-order chi connectivity index (χ1) is 16.6. The molecule has 0 bridgehead atoms. The van der Waals surface area contributed by atoms with E-state index >= 15 is 0 Å². The minimum absolute atomic E-state index is 0.0356. The molecule has 4 N–H and O–H groups in total. The predicted molar refractivity (Wildman–Crippen MR) is 136 cm³/mol. The summed E-state index contributed by atoms with van der Waals surface area (Å²) in [7, 11) is 1.56. The van der Waals surface area contributed by atoms with E-state index in [0.717, 1.165) is 31.2 Å². The van der Waals surface area contributed by atoms with E-state index in [2.05, 4.69) is 16.0 Å². The summed E-state index contributed by atoms with van der Waals surface area (Å²) in [4.78, 5) is 36.2. The van der Waals surface area contributed by atoms with E-state index < -0.39 is 11.5 Å². The normalized spacial score (nSPS) is 17.9. The summed E-state index contributed by atoms with van der Waals surface area (Å²) in [6, 6.07) is 13.1. The van der Waals surface area contributed by atoms with E-state index in [1.807, 2.05) is 49.4 Å². The Morgan fingerprint density at radius 1 is 1.00 bits per heavy atom. The van der Waals surface area contributed by atoms with Crippen molar-refractivity contribution in [3.63, 3.8) is 0 Å². The molecule has 188 valence electrons. The van der Waals surface area contributed by atoms with Gasteiger partial charge in [0.25, 0.3) is 0 Å². The van der Waals surface area contributed by atoms with Crippen LogP contribution in [0.25, 0.3) is 0 Å². The molecule has 0 radical (unpaired) electrons. The number of Topliss-reactive ketones (excluding diaryl/α,β-unsaturated/α-hetero) is 1. The molecule has 0 unspecified atom stereocenters. The average molecular weight is 482 g/mol. The molecule has 1 aliphatic carbocycles. The number of methoxy groups -OCH3 is 1. The van der Waals surface area contributed by atoms with Crippen molar-refractivity contribution >= 4 is 29.2 Å². The minimum atomic E-state index is -1.12. The number of aliphatic carboxylic acids is 1. The van der Waals surface area contributed by atoms with Crippen LogP contribution in [0.3, 0.4) is 0 Å². The van der Waals surface area contributed by atoms with Gasteiger partial charge in [-0.1, -0.05) is 18.2 Å². The Kier molecular flexibility index (Phi) is 8.51. The molecule has 1 fully saturated rings. The smallest absolute Gasteiger partial charge is 0.323 e. The van der Waals surface area contributed by atoms with Gasteiger partial charge in [-0.05, 0) is 87.8 Å². The van der Waals surface area contributed by atoms with Crippen LogP contribution in [-0.2, 0) is 9.59 Å². The van der Waals surface area contributed by atoms with E-state index in [-0.39, 0.29) is 24.3 Å². The second-order valence-electron chi connectivity index (χ2n) is 9.70. The van der Waals surface area contributed by atoms with Crippen LogP contribution in [0, 0.1) is 12.8 Å². The number of aryl methyl sites for hydroxylation is 1. The summed E-state index contributed by atoms with van der Waals surface area (Å²) in [6.07, 6.45) is 3.39. The van der Waals surface area contributed by atoms with Crippen molar-refractivity contribution in [3.8, 4) is 5.75 Å². The van der Waals surface area contributed by atoms with Gasteiger partial charge < -0.3 is 20.5 Å². The van der Waals surface area contributed by atoms with Gasteiger partial charge in [0.1, 0.15) is 17.1 Å². The van der Waals surface area contributed by atoms with Crippen LogP contribution >= 0.6 is 0 Å². The van der Waals surface area contributed by atoms with Crippen LogP contribution < -0.4 is 20.7 Å². The van der Waals surface area contributed by atoms with Crippen LogP contribution in [-0.4, -0.2) is 42.1 Å². The summed E-state index contributed by atoms with van der Waals surface area (Å²) in [5.41, 5.74) is 2.38. The number of ether oxygens (including phenoxy) is 1. The number of hydrogen-bond donors (Lipinski definition) is 4. The highest BCUT2D eigenvalue weighted by Gasteiger charge is 2.30. The van der Waals surface area contributed by atoms with Gasteiger partial charge in [-0.2, -0.15) is 0 Å². The van der Waals surface area contributed by atoms with E-state index in [1.54, 1.807) is 21.0 Å². The fraction of sp³-hybridized carbons (Fsp3) is 0.444. The third-order valence-electron chi connectivity index (χ3n) is 6.66. The molecule has 2 amide bonds. The highest BCUT2D eigenvalue weighted by Crippen LogP contribution is 2.36. The molecule has 0 spiro atoms. The lowest BCUT2D eigenvalue weighted by Crippen LogP contribution is -2.49. The Hall–Kier alpha value is -3.39. The number of urea groups is 1. The lowest BCUT2D eigenvalue weighted by atomic mass is 9.77. The number of anilines is 2. The molecule has 2 aromatic carbocycles. The van der Waals surface area contributed by atoms with Gasteiger partial charge in [-0.15, -0.1) is 0 Å². The number of carbonyl (C=O) groups excluding carboxylic acids is 2. The second-order valence-corrected chi connectivity index (χ2v) is 9.70. The highest BCUT2D eigenvalue weighted by atomic mass is 16.5. The van der Waals surface area contributed by atoms with Crippen molar-refractivity contribution in [1.29, 1.82) is 0 Å². The molecule has 35 heavy (non-hydrogen) atoms. The number of ketones is 1. The fourth-order valence-electron chi connectivity index (χ4n) is 4.32. The van der Waals surface area contributed by atoms with E-state index in [4.69, 9.17) is 4.74 Å². The largest absolute Gasteiger partial charge is 0.495 e. The molecule has 0 heterocycles. The summed E-state index contributed by atoms with van der Waals surface area (Å²) < 4.78 is 5.30. The number of benzene rings is 2. The van der Waals surface area contributed by atoms with Gasteiger partial charge in [-0.3, -0.25) is 14.9 Å². The topological polar surface area (TPSA) is 117 Å². The van der Waals surface area contributed by atoms with Crippen molar-refractivity contribution in [1.82, 2.24) is 5.32 Å². The van der Waals surface area contributed by atoms with E-state index in [9.17, 15) is 19.5 Å². The molecule has 1 saturated carbocycles. The Morgan fingerprint density at radius 2 is 1.66 bits per heavy atom. The van der Waals surface area contributed by atoms with Crippen LogP contribution in [0.1, 0.15) is 56.6 Å². The molecule has 0 aromatic heterocycles. The Labute approximate surface area is 206 Å². The molecule has 0 atom stereocenters. The number of rotatable bonds is 9. The summed E-state index contributed by atoms with van der Waals surface area (Å²) in [6.45, 7) is 5.13. The molecular weight excluding hydrogens is 446 g/mol. The molecule has 2 aromatic rings. The monoisotopic (exact) mass is 481 g/mol. The van der Waals surface area contributed by atoms with Crippen molar-refractivity contribution in [3.05, 3.63) is 53.6 Å². The van der Waals surface area contributed by atoms with Crippen molar-refractivity contribution in [2.24, 2.45) is 5.92 Å². The number of nitrogens with one attached hydrogen (secondary N) is 3. The van der Waals surface area contributed by atoms with Crippen LogP contribution in [0.15, 0.2) is 42.5 Å². The van der Waals surface area contributed by atoms with Gasteiger partial charge in [0.2, 0.25) is 0 Å². The first-order valence-corrected chi connectivity index (χ1v) is 11.9. The number of carbonyl (C=O) groups is 3. The standard InChI is InChI=1S/C27H35N3O5/c1-17-5-14-24(35-4)22(15-17)30-26(34)29-21-12-10-19(11-13-21)18-6-8-20(9-7-18)23(31)16-28-27(2,3)25(32)33/h5,10-15,18,20,28H,6-9,16H2,1-4H3,(H,32,33)(H2,29,30,34). The highest BCUT2D eigenvalue weighted by molar-refractivity contribution is 6.00.